The number of phenolic OH excluding ortho intramolecular Hbond substituents is 1. The molecule has 0 unspecified atom stereocenters. The van der Waals surface area contributed by atoms with Gasteiger partial charge in [-0.15, -0.1) is 11.6 Å². The predicted octanol–water partition coefficient (Wildman–Crippen LogP) is -2.99. The van der Waals surface area contributed by atoms with Crippen LogP contribution in [-0.2, 0) is 21.6 Å². The molecular weight excluding hydrogens is 321 g/mol. The largest absolute Gasteiger partial charge is 1.00 e. The second-order valence-corrected chi connectivity index (χ2v) is 5.45. The molecule has 0 aromatic heterocycles. The molecule has 0 spiro atoms. The Morgan fingerprint density at radius 2 is 2.10 bits per heavy atom. The van der Waals surface area contributed by atoms with Gasteiger partial charge in [0.1, 0.15) is 11.8 Å². The summed E-state index contributed by atoms with van der Waals surface area (Å²) in [6, 6.07) is 3.73. The topological polar surface area (TPSA) is 120 Å². The van der Waals surface area contributed by atoms with Gasteiger partial charge in [0, 0.05) is 17.5 Å². The zero-order valence-corrected chi connectivity index (χ0v) is 14.1. The third-order valence-electron chi connectivity index (χ3n) is 2.06. The average molecular weight is 330 g/mol. The van der Waals surface area contributed by atoms with E-state index >= 15 is 0 Å². The monoisotopic (exact) mass is 329 g/mol. The minimum Gasteiger partial charge on any atom is -0.723 e. The Morgan fingerprint density at radius 1 is 1.45 bits per heavy atom. The van der Waals surface area contributed by atoms with Crippen molar-refractivity contribution < 1.29 is 57.4 Å². The molecule has 0 saturated heterocycles. The van der Waals surface area contributed by atoms with E-state index in [9.17, 15) is 18.8 Å². The van der Waals surface area contributed by atoms with Gasteiger partial charge in [-0.1, -0.05) is 0 Å². The standard InChI is InChI=1S/C10H10ClNO6S.Na/c11-1-2-19(15,16)18-10-4-9(13)8(6-17-14)3-7(10)5-12;/h3-4,13-14H,1-2,6H2;/q;+1/p-1. The van der Waals surface area contributed by atoms with Crippen molar-refractivity contribution in [3.05, 3.63) is 23.3 Å². The number of phenols is 1. The van der Waals surface area contributed by atoms with Crippen molar-refractivity contribution in [1.29, 1.82) is 5.26 Å². The number of hydrogen-bond acceptors (Lipinski definition) is 7. The molecule has 1 aromatic carbocycles. The van der Waals surface area contributed by atoms with Gasteiger partial charge in [-0.05, 0) is 6.07 Å². The average Bonchev–Trinajstić information content (AvgIpc) is 2.32. The van der Waals surface area contributed by atoms with Crippen LogP contribution in [0.2, 0.25) is 0 Å². The van der Waals surface area contributed by atoms with E-state index in [0.29, 0.717) is 0 Å². The van der Waals surface area contributed by atoms with Crippen LogP contribution < -0.4 is 39.0 Å². The Balaban J connectivity index is 0.00000361. The number of hydrogen-bond donors (Lipinski definition) is 1. The summed E-state index contributed by atoms with van der Waals surface area (Å²) in [5, 5.41) is 28.4. The maximum absolute atomic E-state index is 11.4. The smallest absolute Gasteiger partial charge is 0.723 e. The van der Waals surface area contributed by atoms with E-state index in [1.807, 2.05) is 0 Å². The SMILES string of the molecule is N#Cc1cc(CO[O-])c(O)cc1OS(=O)(=O)CCCl.[Na+]. The molecule has 0 bridgehead atoms. The minimum atomic E-state index is -3.95. The third kappa shape index (κ3) is 5.46. The molecule has 104 valence electrons. The molecule has 1 rings (SSSR count). The van der Waals surface area contributed by atoms with Gasteiger partial charge < -0.3 is 19.4 Å². The summed E-state index contributed by atoms with van der Waals surface area (Å²) in [5.74, 6) is -1.35. The van der Waals surface area contributed by atoms with Crippen LogP contribution in [0, 0.1) is 11.3 Å². The van der Waals surface area contributed by atoms with Gasteiger partial charge in [-0.25, -0.2) is 0 Å². The van der Waals surface area contributed by atoms with Crippen LogP contribution >= 0.6 is 11.6 Å². The zero-order chi connectivity index (χ0) is 14.5. The normalized spacial score (nSPS) is 10.4. The first kappa shape index (κ1) is 19.5. The van der Waals surface area contributed by atoms with Crippen LogP contribution in [-0.4, -0.2) is 25.2 Å². The summed E-state index contributed by atoms with van der Waals surface area (Å²) in [7, 11) is -3.95. The molecule has 1 aromatic rings. The number of nitrogens with zero attached hydrogens (tertiary/aromatic N) is 1. The number of aromatic hydroxyl groups is 1. The van der Waals surface area contributed by atoms with Gasteiger partial charge in [0.15, 0.2) is 5.75 Å². The van der Waals surface area contributed by atoms with Crippen molar-refractivity contribution in [2.45, 2.75) is 6.61 Å². The van der Waals surface area contributed by atoms with E-state index in [4.69, 9.17) is 16.9 Å². The zero-order valence-electron chi connectivity index (χ0n) is 10.5. The second kappa shape index (κ2) is 8.69. The second-order valence-electron chi connectivity index (χ2n) is 3.39. The van der Waals surface area contributed by atoms with E-state index in [1.54, 1.807) is 6.07 Å². The van der Waals surface area contributed by atoms with Gasteiger partial charge in [-0.3, -0.25) is 0 Å². The predicted molar refractivity (Wildman–Crippen MR) is 62.7 cm³/mol. The quantitative estimate of drug-likeness (QED) is 0.194. The molecule has 0 heterocycles. The fourth-order valence-corrected chi connectivity index (χ4v) is 2.47. The van der Waals surface area contributed by atoms with Crippen molar-refractivity contribution >= 4 is 21.7 Å². The van der Waals surface area contributed by atoms with E-state index < -0.39 is 28.2 Å². The van der Waals surface area contributed by atoms with Crippen LogP contribution in [0.15, 0.2) is 12.1 Å². The first-order valence-corrected chi connectivity index (χ1v) is 7.03. The van der Waals surface area contributed by atoms with Gasteiger partial charge >= 0.3 is 39.7 Å². The molecule has 10 heteroatoms. The van der Waals surface area contributed by atoms with Gasteiger partial charge in [0.25, 0.3) is 0 Å². The van der Waals surface area contributed by atoms with Crippen molar-refractivity contribution in [3.63, 3.8) is 0 Å². The Bertz CT molecular complexity index is 601. The molecule has 20 heavy (non-hydrogen) atoms. The number of nitriles is 1. The van der Waals surface area contributed by atoms with Crippen molar-refractivity contribution in [2.75, 3.05) is 11.6 Å². The molecule has 0 radical (unpaired) electrons. The summed E-state index contributed by atoms with van der Waals surface area (Å²) >= 11 is 5.30. The van der Waals surface area contributed by atoms with Crippen molar-refractivity contribution in [3.8, 4) is 17.6 Å². The van der Waals surface area contributed by atoms with Crippen LogP contribution in [0.5, 0.6) is 11.5 Å². The van der Waals surface area contributed by atoms with Crippen molar-refractivity contribution in [1.82, 2.24) is 0 Å². The van der Waals surface area contributed by atoms with E-state index in [1.165, 1.54) is 0 Å². The first-order chi connectivity index (χ1) is 8.93. The Kier molecular flexibility index (Phi) is 8.46. The molecule has 1 N–H and O–H groups in total. The summed E-state index contributed by atoms with van der Waals surface area (Å²) in [4.78, 5) is 3.59. The maximum atomic E-state index is 11.4. The fraction of sp³-hybridized carbons (Fsp3) is 0.300. The molecule has 0 fully saturated rings. The van der Waals surface area contributed by atoms with Gasteiger partial charge in [0.2, 0.25) is 0 Å². The number of benzene rings is 1. The summed E-state index contributed by atoms with van der Waals surface area (Å²) in [6.45, 7) is -0.463. The maximum Gasteiger partial charge on any atom is 1.00 e. The first-order valence-electron chi connectivity index (χ1n) is 4.92. The number of alkyl halides is 1. The van der Waals surface area contributed by atoms with E-state index in [-0.39, 0.29) is 52.3 Å². The van der Waals surface area contributed by atoms with E-state index in [0.717, 1.165) is 12.1 Å². The van der Waals surface area contributed by atoms with Crippen molar-refractivity contribution in [2.24, 2.45) is 0 Å². The Morgan fingerprint density at radius 3 is 2.60 bits per heavy atom. The molecule has 0 aliphatic heterocycles. The molecule has 0 aliphatic carbocycles. The number of rotatable bonds is 6. The summed E-state index contributed by atoms with van der Waals surface area (Å²) < 4.78 is 27.5. The van der Waals surface area contributed by atoms with Crippen LogP contribution in [0.3, 0.4) is 0 Å². The van der Waals surface area contributed by atoms with E-state index in [2.05, 4.69) is 9.07 Å². The number of halogens is 1. The molecule has 0 atom stereocenters. The molecule has 0 aliphatic rings. The fourth-order valence-electron chi connectivity index (χ4n) is 1.22. The van der Waals surface area contributed by atoms with Gasteiger partial charge in [-0.2, -0.15) is 13.7 Å². The van der Waals surface area contributed by atoms with Gasteiger partial charge in [0.05, 0.1) is 17.9 Å². The molecule has 7 nitrogen and oxygen atoms in total. The Hall–Kier alpha value is -0.530. The van der Waals surface area contributed by atoms with Crippen LogP contribution in [0.1, 0.15) is 11.1 Å². The van der Waals surface area contributed by atoms with Crippen LogP contribution in [0.4, 0.5) is 0 Å². The summed E-state index contributed by atoms with van der Waals surface area (Å²) in [6.07, 6.45) is 0. The molecule has 0 amide bonds. The third-order valence-corrected chi connectivity index (χ3v) is 3.61. The molecule has 0 saturated carbocycles. The van der Waals surface area contributed by atoms with Crippen LogP contribution in [0.25, 0.3) is 0 Å². The Labute approximate surface area is 143 Å². The molecular formula is C10H9ClNNaO6S. The minimum absolute atomic E-state index is 0. The summed E-state index contributed by atoms with van der Waals surface area (Å²) in [5.41, 5.74) is -0.100.